The first-order chi connectivity index (χ1) is 8.22. The summed E-state index contributed by atoms with van der Waals surface area (Å²) in [5, 5.41) is 8.34. The predicted octanol–water partition coefficient (Wildman–Crippen LogP) is 1.90. The summed E-state index contributed by atoms with van der Waals surface area (Å²) in [7, 11) is 0. The van der Waals surface area contributed by atoms with E-state index < -0.39 is 5.97 Å². The fourth-order valence-electron chi connectivity index (χ4n) is 1.27. The molecular weight excluding hydrogens is 220 g/mol. The van der Waals surface area contributed by atoms with Crippen molar-refractivity contribution in [3.8, 4) is 5.75 Å². The van der Waals surface area contributed by atoms with E-state index in [1.807, 2.05) is 30.3 Å². The molecule has 17 heavy (non-hydrogen) atoms. The van der Waals surface area contributed by atoms with Gasteiger partial charge in [-0.2, -0.15) is 0 Å². The minimum atomic E-state index is -0.973. The van der Waals surface area contributed by atoms with Gasteiger partial charge in [0.25, 0.3) is 0 Å². The van der Waals surface area contributed by atoms with Crippen LogP contribution >= 0.6 is 0 Å². The lowest BCUT2D eigenvalue weighted by Crippen LogP contribution is -2.12. The average Bonchev–Trinajstić information content (AvgIpc) is 2.31. The van der Waals surface area contributed by atoms with Crippen LogP contribution in [0.5, 0.6) is 5.75 Å². The maximum Gasteiger partial charge on any atom is 0.329 e. The molecule has 0 unspecified atom stereocenters. The van der Waals surface area contributed by atoms with E-state index in [2.05, 4.69) is 6.58 Å². The van der Waals surface area contributed by atoms with Gasteiger partial charge in [-0.1, -0.05) is 18.2 Å². The first-order valence-electron chi connectivity index (χ1n) is 5.34. The fourth-order valence-corrected chi connectivity index (χ4v) is 1.27. The summed E-state index contributed by atoms with van der Waals surface area (Å²) in [6, 6.07) is 7.68. The number of ether oxygens (including phenoxy) is 2. The van der Waals surface area contributed by atoms with Crippen LogP contribution in [0.3, 0.4) is 0 Å². The molecule has 4 nitrogen and oxygen atoms in total. The molecule has 92 valence electrons. The van der Waals surface area contributed by atoms with E-state index >= 15 is 0 Å². The third-order valence-corrected chi connectivity index (χ3v) is 2.03. The number of carboxylic acids is 1. The molecule has 0 aliphatic carbocycles. The quantitative estimate of drug-likeness (QED) is 0.553. The molecule has 1 aromatic rings. The number of carboxylic acid groups (broad SMARTS) is 1. The third-order valence-electron chi connectivity index (χ3n) is 2.03. The fraction of sp³-hybridized carbons (Fsp3) is 0.308. The second kappa shape index (κ2) is 7.46. The van der Waals surface area contributed by atoms with Crippen LogP contribution in [0.4, 0.5) is 0 Å². The molecule has 0 aromatic heterocycles. The zero-order chi connectivity index (χ0) is 12.5. The molecule has 0 saturated carbocycles. The van der Waals surface area contributed by atoms with Gasteiger partial charge in [0, 0.05) is 0 Å². The second-order valence-corrected chi connectivity index (χ2v) is 3.43. The van der Waals surface area contributed by atoms with Gasteiger partial charge in [-0.25, -0.2) is 4.79 Å². The molecule has 0 amide bonds. The standard InChI is InChI=1S/C13H16O4/c1-2-3-11-4-6-12(7-5-11)17-9-8-16-10-13(14)15/h2,4-7H,1,3,8-10H2,(H,14,15). The number of allylic oxidation sites excluding steroid dienone is 1. The number of benzene rings is 1. The second-order valence-electron chi connectivity index (χ2n) is 3.43. The molecule has 0 heterocycles. The van der Waals surface area contributed by atoms with Crippen LogP contribution in [0.15, 0.2) is 36.9 Å². The lowest BCUT2D eigenvalue weighted by Gasteiger charge is -2.06. The highest BCUT2D eigenvalue weighted by Gasteiger charge is 1.97. The van der Waals surface area contributed by atoms with E-state index in [4.69, 9.17) is 14.6 Å². The molecule has 1 rings (SSSR count). The van der Waals surface area contributed by atoms with Gasteiger partial charge < -0.3 is 14.6 Å². The number of hydrogen-bond donors (Lipinski definition) is 1. The van der Waals surface area contributed by atoms with Crippen molar-refractivity contribution < 1.29 is 19.4 Å². The van der Waals surface area contributed by atoms with Crippen LogP contribution in [-0.2, 0) is 16.0 Å². The lowest BCUT2D eigenvalue weighted by atomic mass is 10.1. The van der Waals surface area contributed by atoms with Gasteiger partial charge in [-0.05, 0) is 24.1 Å². The van der Waals surface area contributed by atoms with Crippen molar-refractivity contribution in [2.45, 2.75) is 6.42 Å². The van der Waals surface area contributed by atoms with Gasteiger partial charge >= 0.3 is 5.97 Å². The van der Waals surface area contributed by atoms with Gasteiger partial charge in [0.2, 0.25) is 0 Å². The Kier molecular flexibility index (Phi) is 5.82. The summed E-state index contributed by atoms with van der Waals surface area (Å²) in [5.74, 6) is -0.226. The van der Waals surface area contributed by atoms with Crippen molar-refractivity contribution in [2.24, 2.45) is 0 Å². The maximum absolute atomic E-state index is 10.2. The van der Waals surface area contributed by atoms with Gasteiger partial charge in [0.05, 0.1) is 6.61 Å². The highest BCUT2D eigenvalue weighted by Crippen LogP contribution is 2.12. The summed E-state index contributed by atoms with van der Waals surface area (Å²) < 4.78 is 10.2. The summed E-state index contributed by atoms with van der Waals surface area (Å²) >= 11 is 0. The Morgan fingerprint density at radius 1 is 1.29 bits per heavy atom. The molecule has 0 aliphatic heterocycles. The van der Waals surface area contributed by atoms with Crippen LogP contribution in [0, 0.1) is 0 Å². The smallest absolute Gasteiger partial charge is 0.329 e. The van der Waals surface area contributed by atoms with Crippen molar-refractivity contribution in [1.29, 1.82) is 0 Å². The Bertz CT molecular complexity index is 356. The van der Waals surface area contributed by atoms with Crippen LogP contribution in [0.2, 0.25) is 0 Å². The van der Waals surface area contributed by atoms with Crippen molar-refractivity contribution in [2.75, 3.05) is 19.8 Å². The molecule has 1 aromatic carbocycles. The number of hydrogen-bond acceptors (Lipinski definition) is 3. The summed E-state index contributed by atoms with van der Waals surface area (Å²) in [4.78, 5) is 10.2. The molecule has 0 saturated heterocycles. The maximum atomic E-state index is 10.2. The van der Waals surface area contributed by atoms with Crippen LogP contribution in [-0.4, -0.2) is 30.9 Å². The molecule has 4 heteroatoms. The minimum absolute atomic E-state index is 0.265. The van der Waals surface area contributed by atoms with Crippen molar-refractivity contribution in [3.63, 3.8) is 0 Å². The minimum Gasteiger partial charge on any atom is -0.491 e. The van der Waals surface area contributed by atoms with Crippen molar-refractivity contribution in [1.82, 2.24) is 0 Å². The predicted molar refractivity (Wildman–Crippen MR) is 64.3 cm³/mol. The zero-order valence-corrected chi connectivity index (χ0v) is 9.59. The van der Waals surface area contributed by atoms with E-state index in [9.17, 15) is 4.79 Å². The number of carbonyl (C=O) groups is 1. The van der Waals surface area contributed by atoms with Crippen molar-refractivity contribution >= 4 is 5.97 Å². The molecule has 0 radical (unpaired) electrons. The first-order valence-corrected chi connectivity index (χ1v) is 5.34. The largest absolute Gasteiger partial charge is 0.491 e. The Morgan fingerprint density at radius 3 is 2.59 bits per heavy atom. The van der Waals surface area contributed by atoms with Crippen LogP contribution < -0.4 is 4.74 Å². The zero-order valence-electron chi connectivity index (χ0n) is 9.59. The number of rotatable bonds is 8. The molecule has 0 atom stereocenters. The Morgan fingerprint density at radius 2 is 2.00 bits per heavy atom. The number of aliphatic carboxylic acids is 1. The molecule has 0 spiro atoms. The van der Waals surface area contributed by atoms with Gasteiger partial charge in [-0.3, -0.25) is 0 Å². The first kappa shape index (κ1) is 13.3. The average molecular weight is 236 g/mol. The SMILES string of the molecule is C=CCc1ccc(OCCOCC(=O)O)cc1. The Labute approximate surface area is 100 Å². The molecule has 1 N–H and O–H groups in total. The van der Waals surface area contributed by atoms with E-state index in [1.54, 1.807) is 0 Å². The van der Waals surface area contributed by atoms with Gasteiger partial charge in [-0.15, -0.1) is 6.58 Å². The molecule has 0 bridgehead atoms. The molecule has 0 fully saturated rings. The summed E-state index contributed by atoms with van der Waals surface area (Å²) in [6.45, 7) is 3.98. The third kappa shape index (κ3) is 5.73. The topological polar surface area (TPSA) is 55.8 Å². The van der Waals surface area contributed by atoms with E-state index in [1.165, 1.54) is 5.56 Å². The highest BCUT2D eigenvalue weighted by atomic mass is 16.5. The van der Waals surface area contributed by atoms with Gasteiger partial charge in [0.15, 0.2) is 0 Å². The lowest BCUT2D eigenvalue weighted by molar-refractivity contribution is -0.142. The summed E-state index contributed by atoms with van der Waals surface area (Å²) in [5.41, 5.74) is 1.18. The van der Waals surface area contributed by atoms with Crippen LogP contribution in [0.25, 0.3) is 0 Å². The Balaban J connectivity index is 2.22. The molecule has 0 aliphatic rings. The van der Waals surface area contributed by atoms with Gasteiger partial charge in [0.1, 0.15) is 19.0 Å². The van der Waals surface area contributed by atoms with Crippen molar-refractivity contribution in [3.05, 3.63) is 42.5 Å². The Hall–Kier alpha value is -1.81. The highest BCUT2D eigenvalue weighted by molar-refractivity contribution is 5.67. The molecular formula is C13H16O4. The van der Waals surface area contributed by atoms with E-state index in [-0.39, 0.29) is 13.2 Å². The summed E-state index contributed by atoms with van der Waals surface area (Å²) in [6.07, 6.45) is 2.68. The van der Waals surface area contributed by atoms with E-state index in [0.717, 1.165) is 12.2 Å². The van der Waals surface area contributed by atoms with Crippen LogP contribution in [0.1, 0.15) is 5.56 Å². The monoisotopic (exact) mass is 236 g/mol. The normalized spacial score (nSPS) is 9.88. The van der Waals surface area contributed by atoms with E-state index in [0.29, 0.717) is 6.61 Å².